The van der Waals surface area contributed by atoms with Crippen molar-refractivity contribution in [2.45, 2.75) is 77.1 Å². The Balaban J connectivity index is 0.000000396. The van der Waals surface area contributed by atoms with E-state index in [1.54, 1.807) is 12.4 Å². The summed E-state index contributed by atoms with van der Waals surface area (Å²) in [5.74, 6) is 0.716. The molecule has 2 heterocycles. The predicted molar refractivity (Wildman–Crippen MR) is 124 cm³/mol. The van der Waals surface area contributed by atoms with Crippen LogP contribution in [0.5, 0.6) is 0 Å². The number of piperidine rings is 1. The van der Waals surface area contributed by atoms with Gasteiger partial charge >= 0.3 is 0 Å². The molecule has 1 fully saturated rings. The fourth-order valence-electron chi connectivity index (χ4n) is 3.41. The van der Waals surface area contributed by atoms with E-state index in [1.165, 1.54) is 5.56 Å². The first kappa shape index (κ1) is 24.3. The number of benzene rings is 1. The minimum atomic E-state index is -0.318. The third kappa shape index (κ3) is 9.22. The lowest BCUT2D eigenvalue weighted by Crippen LogP contribution is -2.50. The topological polar surface area (TPSA) is 76.1 Å². The van der Waals surface area contributed by atoms with E-state index >= 15 is 0 Å². The van der Waals surface area contributed by atoms with Gasteiger partial charge in [0.25, 0.3) is 6.47 Å². The van der Waals surface area contributed by atoms with Crippen LogP contribution in [0.2, 0.25) is 0 Å². The monoisotopic (exact) mass is 476 g/mol. The largest absolute Gasteiger partial charge is 0.462 e. The average molecular weight is 477 g/mol. The molecular weight excluding hydrogens is 444 g/mol. The molecule has 2 N–H and O–H groups in total. The smallest absolute Gasteiger partial charge is 0.293 e. The first-order valence-corrected chi connectivity index (χ1v) is 11.2. The van der Waals surface area contributed by atoms with Crippen LogP contribution in [0.4, 0.5) is 5.95 Å². The second-order valence-electron chi connectivity index (χ2n) is 8.52. The highest BCUT2D eigenvalue weighted by Crippen LogP contribution is 2.21. The third-order valence-corrected chi connectivity index (χ3v) is 5.19. The Morgan fingerprint density at radius 2 is 1.80 bits per heavy atom. The van der Waals surface area contributed by atoms with Crippen molar-refractivity contribution < 1.29 is 9.53 Å². The van der Waals surface area contributed by atoms with Crippen LogP contribution in [0.3, 0.4) is 0 Å². The first-order valence-electron chi connectivity index (χ1n) is 10.4. The number of carbonyl (C=O) groups is 1. The van der Waals surface area contributed by atoms with Crippen molar-refractivity contribution >= 4 is 28.4 Å². The molecule has 1 aromatic carbocycles. The van der Waals surface area contributed by atoms with Crippen molar-refractivity contribution in [3.8, 4) is 0 Å². The van der Waals surface area contributed by atoms with Gasteiger partial charge in [0.15, 0.2) is 0 Å². The zero-order valence-electron chi connectivity index (χ0n) is 18.3. The average Bonchev–Trinajstić information content (AvgIpc) is 2.70. The van der Waals surface area contributed by atoms with Gasteiger partial charge in [-0.05, 0) is 67.9 Å². The number of hydrogen-bond donors (Lipinski definition) is 2. The number of rotatable bonds is 6. The molecule has 1 aliphatic heterocycles. The number of carbonyl (C=O) groups excluding carboxylic acids is 1. The van der Waals surface area contributed by atoms with Gasteiger partial charge in [-0.3, -0.25) is 4.79 Å². The summed E-state index contributed by atoms with van der Waals surface area (Å²) in [5.41, 5.74) is 1.07. The van der Waals surface area contributed by atoms with Crippen molar-refractivity contribution in [3.05, 3.63) is 52.8 Å². The van der Waals surface area contributed by atoms with E-state index in [4.69, 9.17) is 0 Å². The molecule has 0 radical (unpaired) electrons. The molecular formula is C23H33BrN4O2. The Labute approximate surface area is 188 Å². The molecule has 164 valence electrons. The number of ether oxygens (including phenoxy) is 1. The summed E-state index contributed by atoms with van der Waals surface area (Å²) < 4.78 is 5.45. The molecule has 0 spiro atoms. The van der Waals surface area contributed by atoms with Crippen LogP contribution in [0.25, 0.3) is 0 Å². The second kappa shape index (κ2) is 12.0. The molecule has 1 aliphatic rings. The van der Waals surface area contributed by atoms with E-state index in [0.717, 1.165) is 30.2 Å². The Kier molecular flexibility index (Phi) is 9.72. The van der Waals surface area contributed by atoms with Crippen LogP contribution in [-0.4, -0.2) is 40.2 Å². The summed E-state index contributed by atoms with van der Waals surface area (Å²) in [6.07, 6.45) is 7.98. The normalized spacial score (nSPS) is 21.2. The lowest BCUT2D eigenvalue weighted by Gasteiger charge is -2.36. The standard InChI is InChI=1S/C18H23BrN4.C5H10O2/c1-2-15-9-17(23-18-20-11-14(19)12-21-18)10-16(22-15)8-13-6-4-3-5-7-13;1-5(2,3)7-4-6/h3-7,11-12,15-17,22H,2,8-10H2,1H3,(H,20,21,23);4H,1-3H3. The summed E-state index contributed by atoms with van der Waals surface area (Å²) in [7, 11) is 0. The minimum Gasteiger partial charge on any atom is -0.462 e. The number of aromatic nitrogens is 2. The molecule has 0 saturated carbocycles. The van der Waals surface area contributed by atoms with E-state index in [0.29, 0.717) is 30.5 Å². The number of nitrogens with one attached hydrogen (secondary N) is 2. The quantitative estimate of drug-likeness (QED) is 0.585. The van der Waals surface area contributed by atoms with Crippen molar-refractivity contribution in [2.24, 2.45) is 0 Å². The maximum Gasteiger partial charge on any atom is 0.293 e. The third-order valence-electron chi connectivity index (χ3n) is 4.78. The van der Waals surface area contributed by atoms with E-state index < -0.39 is 0 Å². The Hall–Kier alpha value is -1.99. The fourth-order valence-corrected chi connectivity index (χ4v) is 3.61. The van der Waals surface area contributed by atoms with E-state index in [1.807, 2.05) is 20.8 Å². The Bertz CT molecular complexity index is 750. The van der Waals surface area contributed by atoms with Crippen molar-refractivity contribution in [2.75, 3.05) is 5.32 Å². The van der Waals surface area contributed by atoms with Crippen LogP contribution >= 0.6 is 15.9 Å². The molecule has 3 atom stereocenters. The van der Waals surface area contributed by atoms with E-state index in [2.05, 4.69) is 78.5 Å². The van der Waals surface area contributed by atoms with Crippen LogP contribution < -0.4 is 10.6 Å². The molecule has 3 rings (SSSR count). The van der Waals surface area contributed by atoms with Crippen LogP contribution in [0.15, 0.2) is 47.2 Å². The molecule has 6 nitrogen and oxygen atoms in total. The number of nitrogens with zero attached hydrogens (tertiary/aromatic N) is 2. The molecule has 0 amide bonds. The van der Waals surface area contributed by atoms with E-state index in [-0.39, 0.29) is 5.60 Å². The molecule has 0 aliphatic carbocycles. The second-order valence-corrected chi connectivity index (χ2v) is 9.44. The van der Waals surface area contributed by atoms with E-state index in [9.17, 15) is 4.79 Å². The summed E-state index contributed by atoms with van der Waals surface area (Å²) in [5, 5.41) is 7.29. The van der Waals surface area contributed by atoms with Gasteiger partial charge in [-0.25, -0.2) is 9.97 Å². The van der Waals surface area contributed by atoms with Crippen LogP contribution in [-0.2, 0) is 16.0 Å². The van der Waals surface area contributed by atoms with Crippen LogP contribution in [0, 0.1) is 0 Å². The van der Waals surface area contributed by atoms with Gasteiger partial charge in [0.05, 0.1) is 4.47 Å². The highest BCUT2D eigenvalue weighted by molar-refractivity contribution is 9.10. The predicted octanol–water partition coefficient (Wildman–Crippen LogP) is 4.75. The first-order chi connectivity index (χ1) is 14.3. The molecule has 1 aromatic heterocycles. The van der Waals surface area contributed by atoms with Crippen molar-refractivity contribution in [3.63, 3.8) is 0 Å². The lowest BCUT2D eigenvalue weighted by atomic mass is 9.89. The fraction of sp³-hybridized carbons (Fsp3) is 0.522. The van der Waals surface area contributed by atoms with Gasteiger partial charge in [0, 0.05) is 30.5 Å². The van der Waals surface area contributed by atoms with Gasteiger partial charge in [0.2, 0.25) is 5.95 Å². The van der Waals surface area contributed by atoms with Gasteiger partial charge in [-0.1, -0.05) is 37.3 Å². The number of anilines is 1. The van der Waals surface area contributed by atoms with Crippen molar-refractivity contribution in [1.82, 2.24) is 15.3 Å². The minimum absolute atomic E-state index is 0.318. The summed E-state index contributed by atoms with van der Waals surface area (Å²) >= 11 is 3.38. The Morgan fingerprint density at radius 1 is 1.17 bits per heavy atom. The zero-order valence-corrected chi connectivity index (χ0v) is 19.9. The zero-order chi connectivity index (χ0) is 22.0. The Morgan fingerprint density at radius 3 is 2.33 bits per heavy atom. The van der Waals surface area contributed by atoms with Gasteiger partial charge in [-0.15, -0.1) is 0 Å². The van der Waals surface area contributed by atoms with Gasteiger partial charge in [0.1, 0.15) is 5.60 Å². The van der Waals surface area contributed by atoms with Crippen molar-refractivity contribution in [1.29, 1.82) is 0 Å². The number of hydrogen-bond acceptors (Lipinski definition) is 6. The van der Waals surface area contributed by atoms with Gasteiger partial charge < -0.3 is 15.4 Å². The molecule has 2 aromatic rings. The molecule has 3 unspecified atom stereocenters. The maximum atomic E-state index is 9.60. The highest BCUT2D eigenvalue weighted by atomic mass is 79.9. The SMILES string of the molecule is CC(C)(C)OC=O.CCC1CC(Nc2ncc(Br)cn2)CC(Cc2ccccc2)N1. The lowest BCUT2D eigenvalue weighted by molar-refractivity contribution is -0.138. The summed E-state index contributed by atoms with van der Waals surface area (Å²) in [6.45, 7) is 8.17. The highest BCUT2D eigenvalue weighted by Gasteiger charge is 2.27. The van der Waals surface area contributed by atoms with Crippen LogP contribution in [0.1, 0.15) is 52.5 Å². The number of halogens is 1. The maximum absolute atomic E-state index is 9.60. The molecule has 0 bridgehead atoms. The summed E-state index contributed by atoms with van der Waals surface area (Å²) in [6, 6.07) is 12.2. The molecule has 7 heteroatoms. The molecule has 30 heavy (non-hydrogen) atoms. The summed E-state index contributed by atoms with van der Waals surface area (Å²) in [4.78, 5) is 18.3. The molecule has 1 saturated heterocycles. The van der Waals surface area contributed by atoms with Gasteiger partial charge in [-0.2, -0.15) is 0 Å².